The minimum atomic E-state index is 0. The maximum Gasteiger partial charge on any atom is 1.00 e. The van der Waals surface area contributed by atoms with Gasteiger partial charge in [0, 0.05) is 0 Å². The zero-order valence-electron chi connectivity index (χ0n) is 13.1. The Kier molecular flexibility index (Phi) is 7.84. The molecule has 0 spiro atoms. The normalized spacial score (nSPS) is 11.2. The molecule has 0 N–H and O–H groups in total. The Morgan fingerprint density at radius 2 is 1.00 bits per heavy atom. The summed E-state index contributed by atoms with van der Waals surface area (Å²) in [5.41, 5.74) is 6.51. The molecule has 22 heavy (non-hydrogen) atoms. The van der Waals surface area contributed by atoms with E-state index in [4.69, 9.17) is 0 Å². The van der Waals surface area contributed by atoms with E-state index in [-0.39, 0.29) is 116 Å². The minimum absolute atomic E-state index is 0. The van der Waals surface area contributed by atoms with Gasteiger partial charge in [-0.15, -0.1) is 72.1 Å². The molecule has 0 aliphatic heterocycles. The quantitative estimate of drug-likeness (QED) is 0.331. The van der Waals surface area contributed by atoms with Crippen molar-refractivity contribution in [1.29, 1.82) is 0 Å². The number of benzene rings is 3. The summed E-state index contributed by atoms with van der Waals surface area (Å²) in [5, 5.41) is 0. The van der Waals surface area contributed by atoms with Crippen LogP contribution in [0.25, 0.3) is 0 Å². The van der Waals surface area contributed by atoms with E-state index < -0.39 is 0 Å². The molecule has 0 heterocycles. The molecule has 0 aromatic heterocycles. The fourth-order valence-electron chi connectivity index (χ4n) is 2.93. The van der Waals surface area contributed by atoms with Crippen molar-refractivity contribution in [2.24, 2.45) is 0 Å². The summed E-state index contributed by atoms with van der Waals surface area (Å²) in [6.07, 6.45) is 2.27. The van der Waals surface area contributed by atoms with E-state index in [1.807, 2.05) is 0 Å². The second-order valence-electron chi connectivity index (χ2n) is 5.06. The number of rotatable bonds is 1. The Morgan fingerprint density at radius 1 is 0.545 bits per heavy atom. The van der Waals surface area contributed by atoms with Gasteiger partial charge in [-0.2, -0.15) is 28.7 Å². The van der Waals surface area contributed by atoms with Crippen molar-refractivity contribution in [3.8, 4) is 0 Å². The number of fused-ring (bicyclic) bond motifs is 2. The maximum absolute atomic E-state index is 2.27. The number of hydrogen-bond donors (Lipinski definition) is 0. The van der Waals surface area contributed by atoms with Gasteiger partial charge >= 0.3 is 116 Å². The predicted octanol–water partition coefficient (Wildman–Crippen LogP) is -1.37. The molecule has 96 valence electrons. The molecule has 0 fully saturated rings. The van der Waals surface area contributed by atoms with Gasteiger partial charge in [-0.05, 0) is 0 Å². The van der Waals surface area contributed by atoms with Crippen molar-refractivity contribution < 1.29 is 116 Å². The summed E-state index contributed by atoms with van der Waals surface area (Å²) < 4.78 is 0. The summed E-state index contributed by atoms with van der Waals surface area (Å²) in [6, 6.07) is 27.9. The van der Waals surface area contributed by atoms with Gasteiger partial charge in [-0.25, -0.2) is 0 Å². The molecule has 0 radical (unpaired) electrons. The fourth-order valence-corrected chi connectivity index (χ4v) is 2.93. The third-order valence-electron chi connectivity index (χ3n) is 3.83. The summed E-state index contributed by atoms with van der Waals surface area (Å²) >= 11 is 0. The van der Waals surface area contributed by atoms with Crippen LogP contribution in [0, 0.1) is 12.3 Å². The molecule has 0 atom stereocenters. The molecule has 1 aliphatic carbocycles. The van der Waals surface area contributed by atoms with Gasteiger partial charge in [-0.1, -0.05) is 18.2 Å². The van der Waals surface area contributed by atoms with Crippen LogP contribution in [0.5, 0.6) is 0 Å². The average Bonchev–Trinajstić information content (AvgIpc) is 2.53. The molecule has 3 aromatic carbocycles. The minimum Gasteiger partial charge on any atom is -0.174 e. The third kappa shape index (κ3) is 3.81. The first kappa shape index (κ1) is 19.3. The summed E-state index contributed by atoms with van der Waals surface area (Å²) in [6.45, 7) is 0. The first-order valence-corrected chi connectivity index (χ1v) is 6.89. The maximum atomic E-state index is 2.27. The SMILES string of the molecule is [Rb+].[Rb+].c1ccc([C-]2c3ccccc3[CH-]c3ccccc32)cc1. The van der Waals surface area contributed by atoms with Crippen LogP contribution in [-0.2, 0) is 0 Å². The van der Waals surface area contributed by atoms with Crippen LogP contribution in [0.2, 0.25) is 0 Å². The molecule has 2 heteroatoms. The van der Waals surface area contributed by atoms with E-state index in [9.17, 15) is 0 Å². The molecule has 3 aromatic rings. The number of hydrogen-bond acceptors (Lipinski definition) is 0. The molecule has 0 nitrogen and oxygen atoms in total. The molecular weight excluding hydrogens is 411 g/mol. The van der Waals surface area contributed by atoms with E-state index in [1.54, 1.807) is 0 Å². The Labute approximate surface area is 230 Å². The third-order valence-corrected chi connectivity index (χ3v) is 3.83. The molecule has 0 bridgehead atoms. The van der Waals surface area contributed by atoms with Gasteiger partial charge in [0.2, 0.25) is 0 Å². The monoisotopic (exact) mass is 424 g/mol. The van der Waals surface area contributed by atoms with Crippen molar-refractivity contribution in [3.05, 3.63) is 119 Å². The zero-order valence-corrected chi connectivity index (χ0v) is 22.9. The van der Waals surface area contributed by atoms with E-state index in [0.717, 1.165) is 0 Å². The molecule has 0 saturated carbocycles. The average molecular weight is 425 g/mol. The second-order valence-corrected chi connectivity index (χ2v) is 5.06. The van der Waals surface area contributed by atoms with E-state index in [1.165, 1.54) is 33.7 Å². The molecule has 0 unspecified atom stereocenters. The van der Waals surface area contributed by atoms with Crippen LogP contribution in [0.1, 0.15) is 27.8 Å². The van der Waals surface area contributed by atoms with Gasteiger partial charge in [0.1, 0.15) is 0 Å². The molecule has 0 amide bonds. The summed E-state index contributed by atoms with van der Waals surface area (Å²) in [4.78, 5) is 0. The van der Waals surface area contributed by atoms with Gasteiger partial charge < -0.3 is 0 Å². The Hall–Kier alpha value is 1.01. The van der Waals surface area contributed by atoms with Crippen molar-refractivity contribution in [1.82, 2.24) is 0 Å². The Balaban J connectivity index is 0.000000882. The molecule has 0 saturated heterocycles. The second kappa shape index (κ2) is 8.92. The van der Waals surface area contributed by atoms with E-state index in [2.05, 4.69) is 85.3 Å². The van der Waals surface area contributed by atoms with E-state index in [0.29, 0.717) is 0 Å². The molecule has 1 aliphatic rings. The first-order valence-electron chi connectivity index (χ1n) is 6.89. The smallest absolute Gasteiger partial charge is 0.174 e. The first-order chi connectivity index (χ1) is 9.93. The summed E-state index contributed by atoms with van der Waals surface area (Å²) in [7, 11) is 0. The largest absolute Gasteiger partial charge is 1.00 e. The van der Waals surface area contributed by atoms with Crippen molar-refractivity contribution in [2.75, 3.05) is 0 Å². The topological polar surface area (TPSA) is 0 Å². The van der Waals surface area contributed by atoms with Crippen LogP contribution >= 0.6 is 0 Å². The fraction of sp³-hybridized carbons (Fsp3) is 0. The van der Waals surface area contributed by atoms with Gasteiger partial charge in [-0.3, -0.25) is 0 Å². The predicted molar refractivity (Wildman–Crippen MR) is 82.4 cm³/mol. The van der Waals surface area contributed by atoms with Crippen LogP contribution < -0.4 is 116 Å². The zero-order chi connectivity index (χ0) is 13.4. The molecule has 4 rings (SSSR count). The van der Waals surface area contributed by atoms with Gasteiger partial charge in [0.05, 0.1) is 0 Å². The van der Waals surface area contributed by atoms with Crippen molar-refractivity contribution >= 4 is 0 Å². The molecular formula is C20H14Rb2. The van der Waals surface area contributed by atoms with Crippen molar-refractivity contribution in [2.45, 2.75) is 0 Å². The van der Waals surface area contributed by atoms with Gasteiger partial charge in [0.15, 0.2) is 0 Å². The summed E-state index contributed by atoms with van der Waals surface area (Å²) in [5.74, 6) is 1.33. The van der Waals surface area contributed by atoms with Crippen molar-refractivity contribution in [3.63, 3.8) is 0 Å². The van der Waals surface area contributed by atoms with E-state index >= 15 is 0 Å². The van der Waals surface area contributed by atoms with Crippen LogP contribution in [0.3, 0.4) is 0 Å². The Bertz CT molecular complexity index is 705. The van der Waals surface area contributed by atoms with Crippen LogP contribution in [-0.4, -0.2) is 0 Å². The Morgan fingerprint density at radius 3 is 1.55 bits per heavy atom. The van der Waals surface area contributed by atoms with Crippen LogP contribution in [0.15, 0.2) is 78.9 Å². The standard InChI is InChI=1S/C20H14.2Rb/c1-2-8-15(9-3-1)20-18-12-6-4-10-16(18)14-17-11-5-7-13-19(17)20;;/h1-14H;;/q-2;2*+1. The van der Waals surface area contributed by atoms with Gasteiger partial charge in [0.25, 0.3) is 0 Å². The van der Waals surface area contributed by atoms with Crippen LogP contribution in [0.4, 0.5) is 0 Å².